The molecule has 0 bridgehead atoms. The van der Waals surface area contributed by atoms with Crippen molar-refractivity contribution in [3.63, 3.8) is 0 Å². The molecule has 6 heteroatoms. The number of aromatic carboxylic acids is 1. The number of rotatable bonds is 3. The summed E-state index contributed by atoms with van der Waals surface area (Å²) in [5, 5.41) is 10.6. The SMILES string of the molecule is CC(C)(C)c1ccc(-c2nc3c(C(=O)O)cc(Cl)cn3c2-c2ccc(Cl)cc2)cc1. The molecule has 2 heterocycles. The van der Waals surface area contributed by atoms with Gasteiger partial charge in [0.2, 0.25) is 0 Å². The van der Waals surface area contributed by atoms with E-state index in [0.29, 0.717) is 21.4 Å². The Labute approximate surface area is 184 Å². The predicted molar refractivity (Wildman–Crippen MR) is 122 cm³/mol. The van der Waals surface area contributed by atoms with Crippen molar-refractivity contribution >= 4 is 34.8 Å². The number of halogens is 2. The summed E-state index contributed by atoms with van der Waals surface area (Å²) < 4.78 is 1.74. The van der Waals surface area contributed by atoms with Crippen LogP contribution in [-0.4, -0.2) is 20.5 Å². The van der Waals surface area contributed by atoms with Gasteiger partial charge in [-0.05, 0) is 29.2 Å². The third kappa shape index (κ3) is 3.69. The molecular formula is C24H20Cl2N2O2. The Morgan fingerprint density at radius 3 is 2.10 bits per heavy atom. The second kappa shape index (κ2) is 7.46. The van der Waals surface area contributed by atoms with Crippen LogP contribution in [0.25, 0.3) is 28.2 Å². The van der Waals surface area contributed by atoms with Gasteiger partial charge in [-0.2, -0.15) is 0 Å². The smallest absolute Gasteiger partial charge is 0.339 e. The Bertz CT molecular complexity index is 1250. The van der Waals surface area contributed by atoms with Crippen molar-refractivity contribution in [1.29, 1.82) is 0 Å². The van der Waals surface area contributed by atoms with Crippen molar-refractivity contribution in [2.75, 3.05) is 0 Å². The number of aromatic nitrogens is 2. The lowest BCUT2D eigenvalue weighted by Gasteiger charge is -2.19. The summed E-state index contributed by atoms with van der Waals surface area (Å²) in [5.74, 6) is -1.08. The van der Waals surface area contributed by atoms with Gasteiger partial charge in [-0.3, -0.25) is 4.40 Å². The van der Waals surface area contributed by atoms with E-state index in [1.165, 1.54) is 11.6 Å². The lowest BCUT2D eigenvalue weighted by Crippen LogP contribution is -2.10. The molecule has 0 aliphatic carbocycles. The average molecular weight is 439 g/mol. The molecule has 0 aliphatic heterocycles. The summed E-state index contributed by atoms with van der Waals surface area (Å²) in [6.45, 7) is 6.48. The highest BCUT2D eigenvalue weighted by Gasteiger charge is 2.22. The van der Waals surface area contributed by atoms with Gasteiger partial charge in [0, 0.05) is 22.3 Å². The summed E-state index contributed by atoms with van der Waals surface area (Å²) in [6, 6.07) is 17.0. The summed E-state index contributed by atoms with van der Waals surface area (Å²) >= 11 is 12.3. The van der Waals surface area contributed by atoms with Crippen LogP contribution in [0.5, 0.6) is 0 Å². The van der Waals surface area contributed by atoms with Crippen LogP contribution in [0.4, 0.5) is 0 Å². The molecule has 152 valence electrons. The Morgan fingerprint density at radius 2 is 1.53 bits per heavy atom. The van der Waals surface area contributed by atoms with Gasteiger partial charge in [0.1, 0.15) is 5.56 Å². The van der Waals surface area contributed by atoms with E-state index in [0.717, 1.165) is 16.8 Å². The van der Waals surface area contributed by atoms with Gasteiger partial charge >= 0.3 is 5.97 Å². The number of hydrogen-bond acceptors (Lipinski definition) is 2. The molecule has 0 unspecified atom stereocenters. The van der Waals surface area contributed by atoms with Gasteiger partial charge in [0.25, 0.3) is 0 Å². The minimum atomic E-state index is -1.08. The zero-order chi connectivity index (χ0) is 21.6. The second-order valence-corrected chi connectivity index (χ2v) is 9.09. The van der Waals surface area contributed by atoms with Gasteiger partial charge in [-0.1, -0.05) is 80.4 Å². The van der Waals surface area contributed by atoms with E-state index in [9.17, 15) is 9.90 Å². The van der Waals surface area contributed by atoms with E-state index in [2.05, 4.69) is 32.9 Å². The molecule has 0 saturated carbocycles. The van der Waals surface area contributed by atoms with E-state index in [4.69, 9.17) is 28.2 Å². The van der Waals surface area contributed by atoms with E-state index < -0.39 is 5.97 Å². The number of imidazole rings is 1. The number of pyridine rings is 1. The standard InChI is InChI=1S/C24H20Cl2N2O2/c1-24(2,3)16-8-4-14(5-9-16)20-21(15-6-10-17(25)11-7-15)28-13-18(26)12-19(23(29)30)22(28)27-20/h4-13H,1-3H3,(H,29,30). The minimum Gasteiger partial charge on any atom is -0.478 e. The predicted octanol–water partition coefficient (Wildman–Crippen LogP) is 6.97. The molecule has 0 aliphatic rings. The molecule has 1 N–H and O–H groups in total. The number of benzene rings is 2. The molecule has 0 atom stereocenters. The Hall–Kier alpha value is -2.82. The van der Waals surface area contributed by atoms with Gasteiger partial charge in [0.05, 0.1) is 16.4 Å². The van der Waals surface area contributed by atoms with Crippen LogP contribution in [0.2, 0.25) is 10.0 Å². The molecule has 0 spiro atoms. The molecule has 4 aromatic rings. The lowest BCUT2D eigenvalue weighted by atomic mass is 9.86. The van der Waals surface area contributed by atoms with Crippen molar-refractivity contribution in [2.24, 2.45) is 0 Å². The van der Waals surface area contributed by atoms with Crippen LogP contribution in [-0.2, 0) is 5.41 Å². The van der Waals surface area contributed by atoms with Crippen LogP contribution in [0.3, 0.4) is 0 Å². The van der Waals surface area contributed by atoms with E-state index in [1.807, 2.05) is 24.3 Å². The molecule has 0 amide bonds. The molecular weight excluding hydrogens is 419 g/mol. The fourth-order valence-electron chi connectivity index (χ4n) is 3.48. The fraction of sp³-hybridized carbons (Fsp3) is 0.167. The molecule has 30 heavy (non-hydrogen) atoms. The van der Waals surface area contributed by atoms with Crippen LogP contribution in [0.1, 0.15) is 36.7 Å². The van der Waals surface area contributed by atoms with E-state index >= 15 is 0 Å². The third-order valence-corrected chi connectivity index (χ3v) is 5.52. The van der Waals surface area contributed by atoms with Gasteiger partial charge < -0.3 is 5.11 Å². The lowest BCUT2D eigenvalue weighted by molar-refractivity contribution is 0.0698. The number of carboxylic acid groups (broad SMARTS) is 1. The topological polar surface area (TPSA) is 54.6 Å². The highest BCUT2D eigenvalue weighted by atomic mass is 35.5. The molecule has 2 aromatic carbocycles. The number of carbonyl (C=O) groups is 1. The fourth-order valence-corrected chi connectivity index (χ4v) is 3.81. The van der Waals surface area contributed by atoms with Gasteiger partial charge in [0.15, 0.2) is 5.65 Å². The highest BCUT2D eigenvalue weighted by molar-refractivity contribution is 6.31. The maximum atomic E-state index is 11.8. The Morgan fingerprint density at radius 1 is 0.933 bits per heavy atom. The number of nitrogens with zero attached hydrogens (tertiary/aromatic N) is 2. The first kappa shape index (κ1) is 20.5. The monoisotopic (exact) mass is 438 g/mol. The summed E-state index contributed by atoms with van der Waals surface area (Å²) in [6.07, 6.45) is 1.69. The molecule has 4 rings (SSSR count). The molecule has 2 aromatic heterocycles. The van der Waals surface area contributed by atoms with Crippen molar-refractivity contribution in [1.82, 2.24) is 9.38 Å². The van der Waals surface area contributed by atoms with Crippen LogP contribution < -0.4 is 0 Å². The van der Waals surface area contributed by atoms with Crippen molar-refractivity contribution in [3.05, 3.63) is 82.0 Å². The number of fused-ring (bicyclic) bond motifs is 1. The summed E-state index contributed by atoms with van der Waals surface area (Å²) in [5.41, 5.74) is 4.82. The molecule has 4 nitrogen and oxygen atoms in total. The third-order valence-electron chi connectivity index (χ3n) is 5.06. The Balaban J connectivity index is 2.03. The van der Waals surface area contributed by atoms with E-state index in [1.54, 1.807) is 22.7 Å². The normalized spacial score (nSPS) is 11.8. The van der Waals surface area contributed by atoms with Crippen molar-refractivity contribution in [2.45, 2.75) is 26.2 Å². The maximum Gasteiger partial charge on any atom is 0.339 e. The van der Waals surface area contributed by atoms with Gasteiger partial charge in [-0.25, -0.2) is 9.78 Å². The first-order valence-electron chi connectivity index (χ1n) is 9.47. The first-order chi connectivity index (χ1) is 14.1. The molecule has 0 saturated heterocycles. The molecule has 0 radical (unpaired) electrons. The van der Waals surface area contributed by atoms with Crippen LogP contribution in [0, 0.1) is 0 Å². The Kier molecular flexibility index (Phi) is 5.08. The average Bonchev–Trinajstić information content (AvgIpc) is 3.06. The van der Waals surface area contributed by atoms with E-state index in [-0.39, 0.29) is 11.0 Å². The zero-order valence-corrected chi connectivity index (χ0v) is 18.3. The first-order valence-corrected chi connectivity index (χ1v) is 10.2. The summed E-state index contributed by atoms with van der Waals surface area (Å²) in [4.78, 5) is 16.6. The number of carboxylic acids is 1. The minimum absolute atomic E-state index is 0.0282. The van der Waals surface area contributed by atoms with Crippen LogP contribution in [0.15, 0.2) is 60.8 Å². The van der Waals surface area contributed by atoms with Crippen molar-refractivity contribution in [3.8, 4) is 22.5 Å². The number of hydrogen-bond donors (Lipinski definition) is 1. The quantitative estimate of drug-likeness (QED) is 0.375. The largest absolute Gasteiger partial charge is 0.478 e. The maximum absolute atomic E-state index is 11.8. The summed E-state index contributed by atoms with van der Waals surface area (Å²) in [7, 11) is 0. The highest BCUT2D eigenvalue weighted by Crippen LogP contribution is 2.36. The zero-order valence-electron chi connectivity index (χ0n) is 16.8. The second-order valence-electron chi connectivity index (χ2n) is 8.21. The van der Waals surface area contributed by atoms with Crippen LogP contribution >= 0.6 is 23.2 Å². The van der Waals surface area contributed by atoms with Crippen molar-refractivity contribution < 1.29 is 9.90 Å². The van der Waals surface area contributed by atoms with Gasteiger partial charge in [-0.15, -0.1) is 0 Å². The molecule has 0 fully saturated rings.